The molecule has 21 nitrogen and oxygen atoms in total. The molecule has 12 N–H and O–H groups in total. The molecule has 0 saturated carbocycles. The van der Waals surface area contributed by atoms with E-state index in [4.69, 9.17) is 15.2 Å². The molecule has 0 spiro atoms. The molecule has 1 unspecified atom stereocenters. The van der Waals surface area contributed by atoms with Crippen LogP contribution >= 0.6 is 0 Å². The zero-order chi connectivity index (χ0) is 59.6. The van der Waals surface area contributed by atoms with Crippen LogP contribution in [-0.4, -0.2) is 116 Å². The molecule has 5 aromatic rings. The number of fused-ring (bicyclic) bond motifs is 3. The summed E-state index contributed by atoms with van der Waals surface area (Å²) >= 11 is 0. The number of urea groups is 1. The molecule has 5 aromatic carbocycles. The topological polar surface area (TPSA) is 305 Å². The lowest BCUT2D eigenvalue weighted by molar-refractivity contribution is -0.129. The van der Waals surface area contributed by atoms with Crippen LogP contribution < -0.4 is 53.6 Å². The Balaban J connectivity index is 0.983. The SMILES string of the molecule is CCC(=O)NCCNC(=O)NC(N)=NCCC[C@@H](NC(=O)C(c1ccccc1)c1ccc(NCCCNC(=O)[C@@H](CCCCNC(=O)OCC2c3ccccc3-c3ccccc32)NC(=O)OC(C)(C)C)cc1)C(=O)NCc1ccc(O)cc1. The maximum Gasteiger partial charge on any atom is 0.408 e. The number of phenolic OH excluding ortho intramolecular Hbond substituents is 1. The van der Waals surface area contributed by atoms with E-state index in [0.717, 1.165) is 33.5 Å². The molecule has 442 valence electrons. The van der Waals surface area contributed by atoms with Crippen molar-refractivity contribution in [2.24, 2.45) is 10.7 Å². The molecule has 0 aromatic heterocycles. The highest BCUT2D eigenvalue weighted by Crippen LogP contribution is 2.44. The number of nitrogens with one attached hydrogen (secondary N) is 9. The first-order chi connectivity index (χ1) is 40.0. The number of anilines is 1. The lowest BCUT2D eigenvalue weighted by atomic mass is 9.90. The van der Waals surface area contributed by atoms with Gasteiger partial charge < -0.3 is 62.8 Å². The number of hydrogen-bond donors (Lipinski definition) is 11. The van der Waals surface area contributed by atoms with Crippen molar-refractivity contribution in [2.75, 3.05) is 51.2 Å². The summed E-state index contributed by atoms with van der Waals surface area (Å²) in [6.07, 6.45) is 1.44. The number of rotatable bonds is 29. The van der Waals surface area contributed by atoms with Gasteiger partial charge in [0.05, 0.1) is 5.92 Å². The van der Waals surface area contributed by atoms with Gasteiger partial charge in [0.15, 0.2) is 5.96 Å². The van der Waals surface area contributed by atoms with Crippen molar-refractivity contribution < 1.29 is 48.1 Å². The molecule has 0 fully saturated rings. The van der Waals surface area contributed by atoms with Crippen LogP contribution in [0.25, 0.3) is 11.1 Å². The van der Waals surface area contributed by atoms with Crippen LogP contribution in [0.2, 0.25) is 0 Å². The van der Waals surface area contributed by atoms with Crippen molar-refractivity contribution in [1.29, 1.82) is 0 Å². The number of guanidine groups is 1. The number of alkyl carbamates (subject to hydrolysis) is 2. The lowest BCUT2D eigenvalue weighted by Gasteiger charge is -2.23. The summed E-state index contributed by atoms with van der Waals surface area (Å²) < 4.78 is 11.1. The highest BCUT2D eigenvalue weighted by molar-refractivity contribution is 5.95. The summed E-state index contributed by atoms with van der Waals surface area (Å²) in [5, 5.41) is 35.1. The maximum atomic E-state index is 14.4. The largest absolute Gasteiger partial charge is 0.508 e. The smallest absolute Gasteiger partial charge is 0.408 e. The molecule has 8 amide bonds. The van der Waals surface area contributed by atoms with Crippen LogP contribution in [0, 0.1) is 0 Å². The Morgan fingerprint density at radius 3 is 1.88 bits per heavy atom. The van der Waals surface area contributed by atoms with E-state index in [-0.39, 0.29) is 68.6 Å². The molecule has 0 radical (unpaired) electrons. The first kappa shape index (κ1) is 63.0. The number of aliphatic imine (C=N–C) groups is 1. The molecule has 0 bridgehead atoms. The number of nitrogens with two attached hydrogens (primary N) is 1. The maximum absolute atomic E-state index is 14.4. The average Bonchev–Trinajstić information content (AvgIpc) is 2.95. The van der Waals surface area contributed by atoms with E-state index in [1.807, 2.05) is 78.9 Å². The quantitative estimate of drug-likeness (QED) is 0.0134. The zero-order valence-electron chi connectivity index (χ0n) is 47.7. The third kappa shape index (κ3) is 21.0. The summed E-state index contributed by atoms with van der Waals surface area (Å²) in [7, 11) is 0. The van der Waals surface area contributed by atoms with Gasteiger partial charge in [0.25, 0.3) is 0 Å². The van der Waals surface area contributed by atoms with E-state index < -0.39 is 53.6 Å². The Labute approximate surface area is 485 Å². The molecule has 83 heavy (non-hydrogen) atoms. The number of ether oxygens (including phenoxy) is 2. The second-order valence-corrected chi connectivity index (χ2v) is 20.9. The van der Waals surface area contributed by atoms with E-state index in [1.54, 1.807) is 39.8 Å². The standard InChI is InChI=1S/C62H79N11O10/c1-5-53(75)65-37-38-68-59(79)73-58(63)67-34-15-24-51(56(77)70-39-41-25-31-45(74)32-26-41)71-57(78)54(42-17-7-6-8-18-42)43-27-29-44(30-28-43)64-35-16-36-66-55(76)52(72-61(81)83-62(2,3)4)23-13-14-33-69-60(80)82-40-50-48-21-11-9-19-46(48)47-20-10-12-22-49(47)50/h6-12,17-22,25-32,50-52,54,64,74H,5,13-16,23-24,33-40H2,1-4H3,(H,65,75)(H,66,76)(H,69,80)(H,70,77)(H,71,78)(H,72,81)(H4,63,67,68,73,79)/t51-,52-,54?/m1/s1. The number of amides is 8. The Morgan fingerprint density at radius 1 is 0.602 bits per heavy atom. The Kier molecular flexibility index (Phi) is 24.6. The Morgan fingerprint density at radius 2 is 1.20 bits per heavy atom. The number of phenols is 1. The minimum absolute atomic E-state index is 0.0590. The van der Waals surface area contributed by atoms with Crippen molar-refractivity contribution in [2.45, 2.75) is 109 Å². The summed E-state index contributed by atoms with van der Waals surface area (Å²) in [6, 6.07) is 36.7. The predicted molar refractivity (Wildman–Crippen MR) is 318 cm³/mol. The molecular formula is C62H79N11O10. The van der Waals surface area contributed by atoms with Gasteiger partial charge in [-0.05, 0) is 123 Å². The van der Waals surface area contributed by atoms with Crippen LogP contribution in [0.4, 0.5) is 20.1 Å². The number of carbonyl (C=O) groups excluding carboxylic acids is 7. The Hall–Kier alpha value is -9.14. The monoisotopic (exact) mass is 1140 g/mol. The predicted octanol–water partition coefficient (Wildman–Crippen LogP) is 6.77. The fourth-order valence-electron chi connectivity index (χ4n) is 9.27. The van der Waals surface area contributed by atoms with Crippen LogP contribution in [0.15, 0.2) is 132 Å². The third-order valence-electron chi connectivity index (χ3n) is 13.4. The van der Waals surface area contributed by atoms with Crippen molar-refractivity contribution >= 4 is 53.5 Å². The minimum atomic E-state index is -0.993. The van der Waals surface area contributed by atoms with Gasteiger partial charge in [-0.15, -0.1) is 0 Å². The summed E-state index contributed by atoms with van der Waals surface area (Å²) in [5.41, 5.74) is 12.6. The van der Waals surface area contributed by atoms with Gasteiger partial charge in [-0.3, -0.25) is 29.5 Å². The highest BCUT2D eigenvalue weighted by Gasteiger charge is 2.31. The van der Waals surface area contributed by atoms with Crippen LogP contribution in [0.3, 0.4) is 0 Å². The number of unbranched alkanes of at least 4 members (excludes halogenated alkanes) is 1. The van der Waals surface area contributed by atoms with E-state index >= 15 is 0 Å². The van der Waals surface area contributed by atoms with E-state index in [1.165, 1.54) is 12.1 Å². The van der Waals surface area contributed by atoms with Crippen LogP contribution in [0.1, 0.15) is 112 Å². The first-order valence-corrected chi connectivity index (χ1v) is 28.2. The molecule has 0 aliphatic heterocycles. The zero-order valence-corrected chi connectivity index (χ0v) is 47.7. The van der Waals surface area contributed by atoms with Gasteiger partial charge in [-0.25, -0.2) is 14.4 Å². The van der Waals surface area contributed by atoms with E-state index in [2.05, 4.69) is 77.1 Å². The molecule has 6 rings (SSSR count). The Bertz CT molecular complexity index is 2930. The van der Waals surface area contributed by atoms with Crippen molar-refractivity contribution in [3.63, 3.8) is 0 Å². The van der Waals surface area contributed by atoms with Gasteiger partial charge in [0, 0.05) is 63.8 Å². The lowest BCUT2D eigenvalue weighted by Crippen LogP contribution is -2.48. The van der Waals surface area contributed by atoms with Crippen molar-refractivity contribution in [3.05, 3.63) is 155 Å². The van der Waals surface area contributed by atoms with Gasteiger partial charge in [-0.1, -0.05) is 110 Å². The molecule has 1 aliphatic rings. The highest BCUT2D eigenvalue weighted by atomic mass is 16.6. The number of nitrogens with zero attached hydrogens (tertiary/aromatic N) is 1. The van der Waals surface area contributed by atoms with E-state index in [9.17, 15) is 38.7 Å². The fourth-order valence-corrected chi connectivity index (χ4v) is 9.27. The van der Waals surface area contributed by atoms with Crippen LogP contribution in [0.5, 0.6) is 5.75 Å². The van der Waals surface area contributed by atoms with Crippen molar-refractivity contribution in [1.82, 2.24) is 42.5 Å². The van der Waals surface area contributed by atoms with Gasteiger partial charge in [0.2, 0.25) is 23.6 Å². The average molecular weight is 1140 g/mol. The number of hydrogen-bond acceptors (Lipinski definition) is 12. The van der Waals surface area contributed by atoms with Gasteiger partial charge >= 0.3 is 18.2 Å². The van der Waals surface area contributed by atoms with Crippen LogP contribution in [-0.2, 0) is 35.2 Å². The summed E-state index contributed by atoms with van der Waals surface area (Å²) in [4.78, 5) is 95.3. The number of aromatic hydroxyl groups is 1. The molecule has 1 aliphatic carbocycles. The summed E-state index contributed by atoms with van der Waals surface area (Å²) in [5.74, 6) is -2.29. The number of carbonyl (C=O) groups is 7. The normalized spacial score (nSPS) is 12.9. The molecule has 0 heterocycles. The van der Waals surface area contributed by atoms with Gasteiger partial charge in [0.1, 0.15) is 30.0 Å². The molecule has 3 atom stereocenters. The summed E-state index contributed by atoms with van der Waals surface area (Å²) in [6.45, 7) is 8.94. The second-order valence-electron chi connectivity index (χ2n) is 20.9. The van der Waals surface area contributed by atoms with E-state index in [0.29, 0.717) is 69.3 Å². The minimum Gasteiger partial charge on any atom is -0.508 e. The van der Waals surface area contributed by atoms with Crippen molar-refractivity contribution in [3.8, 4) is 16.9 Å². The number of benzene rings is 5. The van der Waals surface area contributed by atoms with Gasteiger partial charge in [-0.2, -0.15) is 0 Å². The fraction of sp³-hybridized carbons (Fsp3) is 0.387. The second kappa shape index (κ2) is 32.3. The molecule has 0 saturated heterocycles. The first-order valence-electron chi connectivity index (χ1n) is 28.2. The molecular weight excluding hydrogens is 1060 g/mol. The molecule has 21 heteroatoms. The third-order valence-corrected chi connectivity index (χ3v) is 13.4.